The topological polar surface area (TPSA) is 111 Å². The van der Waals surface area contributed by atoms with Gasteiger partial charge in [-0.05, 0) is 47.5 Å². The summed E-state index contributed by atoms with van der Waals surface area (Å²) in [5, 5.41) is 8.40. The quantitative estimate of drug-likeness (QED) is 0.366. The van der Waals surface area contributed by atoms with E-state index in [4.69, 9.17) is 21.5 Å². The molecule has 0 saturated heterocycles. The average molecular weight is 323 g/mol. The molecule has 2 rings (SSSR count). The van der Waals surface area contributed by atoms with Gasteiger partial charge in [-0.25, -0.2) is 4.79 Å². The predicted molar refractivity (Wildman–Crippen MR) is 91.6 cm³/mol. The van der Waals surface area contributed by atoms with Crippen LogP contribution in [0.25, 0.3) is 6.08 Å². The van der Waals surface area contributed by atoms with Crippen LogP contribution in [-0.2, 0) is 16.0 Å². The number of hydrogen-bond acceptors (Lipinski definition) is 6. The maximum atomic E-state index is 11.7. The van der Waals surface area contributed by atoms with Crippen LogP contribution in [0.4, 0.5) is 11.4 Å². The zero-order chi connectivity index (χ0) is 17.4. The van der Waals surface area contributed by atoms with Crippen LogP contribution in [0.15, 0.2) is 48.5 Å². The number of nitrogens with zero attached hydrogens (tertiary/aromatic N) is 1. The number of hydrogen-bond donors (Lipinski definition) is 2. The second-order valence-corrected chi connectivity index (χ2v) is 4.97. The summed E-state index contributed by atoms with van der Waals surface area (Å²) in [5.74, 6) is -0.00762. The highest BCUT2D eigenvalue weighted by Gasteiger charge is 2.02. The maximum absolute atomic E-state index is 11.7. The predicted octanol–water partition coefficient (Wildman–Crippen LogP) is 2.51. The number of nitrogen functional groups attached to an aromatic ring is 2. The summed E-state index contributed by atoms with van der Waals surface area (Å²) in [6, 6.07) is 11.9. The van der Waals surface area contributed by atoms with Crippen LogP contribution in [0.5, 0.6) is 5.75 Å². The number of carbonyl (C=O) groups is 1. The van der Waals surface area contributed by atoms with Crippen LogP contribution >= 0.6 is 0 Å². The van der Waals surface area contributed by atoms with Crippen LogP contribution < -0.4 is 16.2 Å². The number of anilines is 2. The summed E-state index contributed by atoms with van der Waals surface area (Å²) >= 11 is 0. The van der Waals surface area contributed by atoms with Crippen molar-refractivity contribution in [3.63, 3.8) is 0 Å². The van der Waals surface area contributed by atoms with Gasteiger partial charge in [0.15, 0.2) is 0 Å². The Bertz CT molecular complexity index is 777. The van der Waals surface area contributed by atoms with Gasteiger partial charge in [0.05, 0.1) is 6.61 Å². The van der Waals surface area contributed by atoms with Gasteiger partial charge in [0.25, 0.3) is 6.26 Å². The van der Waals surface area contributed by atoms with Crippen LogP contribution in [0, 0.1) is 11.5 Å². The lowest BCUT2D eigenvalue weighted by Crippen LogP contribution is -2.06. The molecule has 0 spiro atoms. The number of rotatable bonds is 6. The van der Waals surface area contributed by atoms with Gasteiger partial charge in [0, 0.05) is 23.9 Å². The molecule has 0 unspecified atom stereocenters. The number of esters is 1. The van der Waals surface area contributed by atoms with Gasteiger partial charge in [-0.3, -0.25) is 0 Å². The van der Waals surface area contributed by atoms with Crippen LogP contribution in [0.2, 0.25) is 0 Å². The summed E-state index contributed by atoms with van der Waals surface area (Å²) in [7, 11) is 0. The molecule has 0 saturated carbocycles. The van der Waals surface area contributed by atoms with Crippen molar-refractivity contribution in [1.29, 1.82) is 5.26 Å². The Hall–Kier alpha value is -3.46. The van der Waals surface area contributed by atoms with Crippen molar-refractivity contribution < 1.29 is 14.3 Å². The normalized spacial score (nSPS) is 10.3. The zero-order valence-corrected chi connectivity index (χ0v) is 12.9. The third kappa shape index (κ3) is 5.07. The van der Waals surface area contributed by atoms with Crippen molar-refractivity contribution in [1.82, 2.24) is 0 Å². The molecule has 0 bridgehead atoms. The average Bonchev–Trinajstić information content (AvgIpc) is 2.58. The SMILES string of the molecule is N#COc1ccc(/C=C/C(=O)OCCc2cc(N)ccc2N)cc1. The number of nitrogens with two attached hydrogens (primary N) is 2. The molecule has 0 amide bonds. The van der Waals surface area contributed by atoms with Gasteiger partial charge < -0.3 is 20.9 Å². The smallest absolute Gasteiger partial charge is 0.330 e. The Morgan fingerprint density at radius 3 is 2.62 bits per heavy atom. The standard InChI is InChI=1S/C18H17N3O3/c19-12-24-16-5-1-13(2-6-16)3-8-18(22)23-10-9-14-11-15(20)4-7-17(14)21/h1-8,11H,9-10,20-21H2/b8-3+. The van der Waals surface area contributed by atoms with Gasteiger partial charge >= 0.3 is 5.97 Å². The molecule has 2 aromatic rings. The van der Waals surface area contributed by atoms with E-state index in [1.807, 2.05) is 0 Å². The largest absolute Gasteiger partial charge is 0.462 e. The molecule has 0 aromatic heterocycles. The maximum Gasteiger partial charge on any atom is 0.330 e. The van der Waals surface area contributed by atoms with Crippen molar-refractivity contribution in [2.24, 2.45) is 0 Å². The lowest BCUT2D eigenvalue weighted by molar-refractivity contribution is -0.137. The summed E-state index contributed by atoms with van der Waals surface area (Å²) < 4.78 is 9.81. The van der Waals surface area contributed by atoms with E-state index < -0.39 is 5.97 Å². The molecule has 0 radical (unpaired) electrons. The van der Waals surface area contributed by atoms with Gasteiger partial charge in [-0.15, -0.1) is 5.26 Å². The molecule has 0 aliphatic carbocycles. The third-order valence-electron chi connectivity index (χ3n) is 3.24. The van der Waals surface area contributed by atoms with Crippen molar-refractivity contribution in [3.05, 3.63) is 59.7 Å². The van der Waals surface area contributed by atoms with E-state index in [9.17, 15) is 4.79 Å². The number of carbonyl (C=O) groups excluding carboxylic acids is 1. The van der Waals surface area contributed by atoms with E-state index in [1.54, 1.807) is 54.8 Å². The molecule has 0 aliphatic heterocycles. The van der Waals surface area contributed by atoms with E-state index in [2.05, 4.69) is 4.74 Å². The molecule has 6 nitrogen and oxygen atoms in total. The van der Waals surface area contributed by atoms with Crippen LogP contribution in [0.3, 0.4) is 0 Å². The second-order valence-electron chi connectivity index (χ2n) is 4.97. The zero-order valence-electron chi connectivity index (χ0n) is 12.9. The summed E-state index contributed by atoms with van der Waals surface area (Å²) in [6.45, 7) is 0.214. The first-order valence-corrected chi connectivity index (χ1v) is 7.23. The molecule has 0 aliphatic rings. The van der Waals surface area contributed by atoms with Crippen molar-refractivity contribution >= 4 is 23.4 Å². The van der Waals surface area contributed by atoms with E-state index in [0.717, 1.165) is 11.1 Å². The van der Waals surface area contributed by atoms with E-state index >= 15 is 0 Å². The molecule has 122 valence electrons. The fraction of sp³-hybridized carbons (Fsp3) is 0.111. The minimum absolute atomic E-state index is 0.214. The summed E-state index contributed by atoms with van der Waals surface area (Å²) in [4.78, 5) is 11.7. The van der Waals surface area contributed by atoms with Crippen molar-refractivity contribution in [3.8, 4) is 12.0 Å². The van der Waals surface area contributed by atoms with E-state index in [-0.39, 0.29) is 6.61 Å². The van der Waals surface area contributed by atoms with E-state index in [1.165, 1.54) is 6.08 Å². The Morgan fingerprint density at radius 1 is 1.17 bits per heavy atom. The lowest BCUT2D eigenvalue weighted by atomic mass is 10.1. The van der Waals surface area contributed by atoms with E-state index in [0.29, 0.717) is 23.5 Å². The van der Waals surface area contributed by atoms with Crippen LogP contribution in [0.1, 0.15) is 11.1 Å². The fourth-order valence-corrected chi connectivity index (χ4v) is 2.02. The minimum atomic E-state index is -0.449. The molecule has 24 heavy (non-hydrogen) atoms. The molecule has 0 heterocycles. The third-order valence-corrected chi connectivity index (χ3v) is 3.24. The molecular formula is C18H17N3O3. The summed E-state index contributed by atoms with van der Waals surface area (Å²) in [6.07, 6.45) is 5.04. The fourth-order valence-electron chi connectivity index (χ4n) is 2.02. The van der Waals surface area contributed by atoms with Gasteiger partial charge in [0.2, 0.25) is 0 Å². The minimum Gasteiger partial charge on any atom is -0.462 e. The monoisotopic (exact) mass is 323 g/mol. The Labute approximate surface area is 139 Å². The number of ether oxygens (including phenoxy) is 2. The Kier molecular flexibility index (Phi) is 5.81. The van der Waals surface area contributed by atoms with Crippen molar-refractivity contribution in [2.75, 3.05) is 18.1 Å². The highest BCUT2D eigenvalue weighted by molar-refractivity contribution is 5.87. The highest BCUT2D eigenvalue weighted by atomic mass is 16.5. The molecule has 4 N–H and O–H groups in total. The highest BCUT2D eigenvalue weighted by Crippen LogP contribution is 2.16. The van der Waals surface area contributed by atoms with Crippen molar-refractivity contribution in [2.45, 2.75) is 6.42 Å². The molecule has 2 aromatic carbocycles. The lowest BCUT2D eigenvalue weighted by Gasteiger charge is -2.07. The first kappa shape index (κ1) is 16.9. The first-order valence-electron chi connectivity index (χ1n) is 7.23. The molecule has 6 heteroatoms. The molecule has 0 fully saturated rings. The summed E-state index contributed by atoms with van der Waals surface area (Å²) in [5.41, 5.74) is 14.4. The van der Waals surface area contributed by atoms with Crippen LogP contribution in [-0.4, -0.2) is 12.6 Å². The Morgan fingerprint density at radius 2 is 1.92 bits per heavy atom. The first-order chi connectivity index (χ1) is 11.6. The number of benzene rings is 2. The van der Waals surface area contributed by atoms with Gasteiger partial charge in [-0.2, -0.15) is 0 Å². The van der Waals surface area contributed by atoms with Gasteiger partial charge in [-0.1, -0.05) is 12.1 Å². The molecular weight excluding hydrogens is 306 g/mol. The molecule has 0 atom stereocenters. The second kappa shape index (κ2) is 8.25. The van der Waals surface area contributed by atoms with Gasteiger partial charge in [0.1, 0.15) is 5.75 Å². The Balaban J connectivity index is 1.82. The number of nitriles is 1.